The monoisotopic (exact) mass is 415 g/mol. The second-order valence-electron chi connectivity index (χ2n) is 8.66. The molecule has 1 aromatic carbocycles. The van der Waals surface area contributed by atoms with Crippen molar-refractivity contribution in [2.45, 2.75) is 44.7 Å². The van der Waals surface area contributed by atoms with E-state index in [4.69, 9.17) is 4.74 Å². The Morgan fingerprint density at radius 1 is 1.23 bits per heavy atom. The lowest BCUT2D eigenvalue weighted by Gasteiger charge is -2.33. The molecule has 0 spiro atoms. The third kappa shape index (κ3) is 2.96. The molecule has 3 aliphatic rings. The van der Waals surface area contributed by atoms with E-state index >= 15 is 4.39 Å². The highest BCUT2D eigenvalue weighted by molar-refractivity contribution is 5.97. The zero-order valence-electron chi connectivity index (χ0n) is 17.1. The lowest BCUT2D eigenvalue weighted by atomic mass is 10.1. The maximum Gasteiger partial charge on any atom is 0.341 e. The molecule has 1 aromatic heterocycles. The Hall–Kier alpha value is -2.61. The molecule has 5 rings (SSSR count). The Kier molecular flexibility index (Phi) is 4.69. The molecule has 160 valence electrons. The summed E-state index contributed by atoms with van der Waals surface area (Å²) in [7, 11) is 0. The number of aromatic carboxylic acids is 1. The molecule has 0 amide bonds. The Labute approximate surface area is 173 Å². The van der Waals surface area contributed by atoms with E-state index in [9.17, 15) is 14.7 Å². The highest BCUT2D eigenvalue weighted by atomic mass is 19.1. The second-order valence-corrected chi connectivity index (χ2v) is 8.66. The van der Waals surface area contributed by atoms with Gasteiger partial charge in [0.05, 0.1) is 16.9 Å². The van der Waals surface area contributed by atoms with E-state index in [0.717, 1.165) is 32.6 Å². The predicted molar refractivity (Wildman–Crippen MR) is 111 cm³/mol. The molecule has 0 unspecified atom stereocenters. The van der Waals surface area contributed by atoms with E-state index in [-0.39, 0.29) is 17.0 Å². The van der Waals surface area contributed by atoms with E-state index in [1.165, 1.54) is 31.5 Å². The van der Waals surface area contributed by atoms with Crippen molar-refractivity contribution in [3.05, 3.63) is 33.9 Å². The third-order valence-electron chi connectivity index (χ3n) is 6.76. The molecular formula is C22H26FN3O4. The van der Waals surface area contributed by atoms with Crippen LogP contribution in [0, 0.1) is 5.82 Å². The van der Waals surface area contributed by atoms with Crippen LogP contribution in [0.1, 0.15) is 49.0 Å². The van der Waals surface area contributed by atoms with Gasteiger partial charge < -0.3 is 19.3 Å². The van der Waals surface area contributed by atoms with Crippen LogP contribution in [-0.4, -0.2) is 59.4 Å². The number of carboxylic acids is 1. The van der Waals surface area contributed by atoms with Crippen molar-refractivity contribution >= 4 is 22.6 Å². The molecule has 3 aliphatic heterocycles. The molecule has 30 heavy (non-hydrogen) atoms. The first-order valence-corrected chi connectivity index (χ1v) is 10.7. The van der Waals surface area contributed by atoms with Gasteiger partial charge in [-0.15, -0.1) is 0 Å². The smallest absolute Gasteiger partial charge is 0.341 e. The van der Waals surface area contributed by atoms with E-state index in [2.05, 4.69) is 4.90 Å². The van der Waals surface area contributed by atoms with Crippen LogP contribution >= 0.6 is 0 Å². The number of rotatable bonds is 3. The summed E-state index contributed by atoms with van der Waals surface area (Å²) >= 11 is 0. The van der Waals surface area contributed by atoms with Gasteiger partial charge in [-0.05, 0) is 45.3 Å². The molecule has 4 heterocycles. The molecule has 0 saturated carbocycles. The van der Waals surface area contributed by atoms with Crippen LogP contribution in [0.5, 0.6) is 5.75 Å². The van der Waals surface area contributed by atoms with Gasteiger partial charge in [0.15, 0.2) is 11.6 Å². The van der Waals surface area contributed by atoms with Gasteiger partial charge >= 0.3 is 5.97 Å². The number of hydrogen-bond donors (Lipinski definition) is 1. The number of nitrogens with zero attached hydrogens (tertiary/aromatic N) is 3. The number of benzene rings is 1. The van der Waals surface area contributed by atoms with Gasteiger partial charge in [-0.25, -0.2) is 9.18 Å². The fourth-order valence-electron chi connectivity index (χ4n) is 5.19. The number of likely N-dealkylation sites (tertiary alicyclic amines) is 1. The van der Waals surface area contributed by atoms with Crippen LogP contribution in [0.2, 0.25) is 0 Å². The van der Waals surface area contributed by atoms with Gasteiger partial charge in [0, 0.05) is 25.3 Å². The summed E-state index contributed by atoms with van der Waals surface area (Å²) in [4.78, 5) is 28.8. The van der Waals surface area contributed by atoms with Gasteiger partial charge in [-0.1, -0.05) is 6.42 Å². The van der Waals surface area contributed by atoms with Crippen molar-refractivity contribution in [1.82, 2.24) is 9.47 Å². The number of ether oxygens (including phenoxy) is 1. The van der Waals surface area contributed by atoms with Crippen LogP contribution < -0.4 is 15.1 Å². The third-order valence-corrected chi connectivity index (χ3v) is 6.76. The van der Waals surface area contributed by atoms with Gasteiger partial charge in [0.2, 0.25) is 5.43 Å². The average Bonchev–Trinajstić information content (AvgIpc) is 3.22. The maximum absolute atomic E-state index is 15.3. The van der Waals surface area contributed by atoms with Gasteiger partial charge in [0.25, 0.3) is 0 Å². The van der Waals surface area contributed by atoms with Crippen LogP contribution in [0.15, 0.2) is 17.1 Å². The van der Waals surface area contributed by atoms with Crippen LogP contribution in [-0.2, 0) is 0 Å². The van der Waals surface area contributed by atoms with E-state index in [1.54, 1.807) is 4.57 Å². The lowest BCUT2D eigenvalue weighted by molar-refractivity contribution is 0.0694. The molecule has 2 aromatic rings. The summed E-state index contributed by atoms with van der Waals surface area (Å²) in [5.74, 6) is -1.48. The quantitative estimate of drug-likeness (QED) is 0.831. The Morgan fingerprint density at radius 3 is 2.73 bits per heavy atom. The highest BCUT2D eigenvalue weighted by Gasteiger charge is 2.34. The summed E-state index contributed by atoms with van der Waals surface area (Å²) in [6.45, 7) is 5.83. The van der Waals surface area contributed by atoms with Crippen LogP contribution in [0.25, 0.3) is 10.9 Å². The Morgan fingerprint density at radius 2 is 2.00 bits per heavy atom. The van der Waals surface area contributed by atoms with Crippen molar-refractivity contribution in [2.75, 3.05) is 37.7 Å². The molecule has 2 atom stereocenters. The molecule has 2 saturated heterocycles. The highest BCUT2D eigenvalue weighted by Crippen LogP contribution is 2.43. The van der Waals surface area contributed by atoms with E-state index < -0.39 is 17.2 Å². The summed E-state index contributed by atoms with van der Waals surface area (Å²) < 4.78 is 23.0. The Bertz CT molecular complexity index is 1080. The van der Waals surface area contributed by atoms with Crippen LogP contribution in [0.3, 0.4) is 0 Å². The van der Waals surface area contributed by atoms with Gasteiger partial charge in [-0.2, -0.15) is 0 Å². The zero-order chi connectivity index (χ0) is 21.0. The number of anilines is 1. The molecule has 8 heteroatoms. The van der Waals surface area contributed by atoms with Crippen molar-refractivity contribution in [1.29, 1.82) is 0 Å². The van der Waals surface area contributed by atoms with E-state index in [1.807, 2.05) is 11.8 Å². The first kappa shape index (κ1) is 19.4. The number of piperidine rings is 1. The van der Waals surface area contributed by atoms with Crippen LogP contribution in [0.4, 0.5) is 10.1 Å². The first-order valence-electron chi connectivity index (χ1n) is 10.7. The van der Waals surface area contributed by atoms with Crippen molar-refractivity contribution in [2.24, 2.45) is 0 Å². The second kappa shape index (κ2) is 7.27. The molecule has 1 N–H and O–H groups in total. The van der Waals surface area contributed by atoms with Crippen molar-refractivity contribution in [3.63, 3.8) is 0 Å². The number of pyridine rings is 1. The number of halogens is 1. The maximum atomic E-state index is 15.3. The fraction of sp³-hybridized carbons (Fsp3) is 0.545. The molecule has 0 aliphatic carbocycles. The van der Waals surface area contributed by atoms with E-state index in [0.29, 0.717) is 29.6 Å². The minimum Gasteiger partial charge on any atom is -0.487 e. The normalized spacial score (nSPS) is 24.3. The molecule has 0 radical (unpaired) electrons. The largest absolute Gasteiger partial charge is 0.487 e. The fourth-order valence-corrected chi connectivity index (χ4v) is 5.19. The van der Waals surface area contributed by atoms with Gasteiger partial charge in [0.1, 0.15) is 17.9 Å². The number of carboxylic acid groups (broad SMARTS) is 1. The SMILES string of the molecule is C[C@H]1COc2c(N3CC[C@H](N4CCCCC4)C3)c(F)cc3c(=O)c(C(=O)O)cn1c23. The first-order chi connectivity index (χ1) is 14.5. The van der Waals surface area contributed by atoms with Gasteiger partial charge in [-0.3, -0.25) is 9.69 Å². The topological polar surface area (TPSA) is 75.0 Å². The average molecular weight is 415 g/mol. The lowest BCUT2D eigenvalue weighted by Crippen LogP contribution is -2.41. The summed E-state index contributed by atoms with van der Waals surface area (Å²) in [6.07, 6.45) is 6.04. The molecule has 2 fully saturated rings. The standard InChI is InChI=1S/C22H26FN3O4/c1-13-12-30-21-18-15(20(27)16(22(28)29)11-26(13)18)9-17(23)19(21)25-8-5-14(10-25)24-6-3-2-4-7-24/h9,11,13-14H,2-8,10,12H2,1H3,(H,28,29)/t13-,14-/m0/s1. The molecular weight excluding hydrogens is 389 g/mol. The van der Waals surface area contributed by atoms with Crippen molar-refractivity contribution < 1.29 is 19.0 Å². The Balaban J connectivity index is 1.61. The summed E-state index contributed by atoms with van der Waals surface area (Å²) in [5.41, 5.74) is -0.141. The molecule has 0 bridgehead atoms. The minimum atomic E-state index is -1.31. The summed E-state index contributed by atoms with van der Waals surface area (Å²) in [5, 5.41) is 9.48. The zero-order valence-corrected chi connectivity index (χ0v) is 17.1. The number of hydrogen-bond acceptors (Lipinski definition) is 5. The summed E-state index contributed by atoms with van der Waals surface area (Å²) in [6, 6.07) is 1.43. The number of aromatic nitrogens is 1. The molecule has 7 nitrogen and oxygen atoms in total. The number of carbonyl (C=O) groups is 1. The van der Waals surface area contributed by atoms with Crippen molar-refractivity contribution in [3.8, 4) is 5.75 Å². The minimum absolute atomic E-state index is 0.0597. The predicted octanol–water partition coefficient (Wildman–Crippen LogP) is 2.86.